The molecule has 0 bridgehead atoms. The summed E-state index contributed by atoms with van der Waals surface area (Å²) in [7, 11) is 0. The molecule has 0 heterocycles. The third-order valence-electron chi connectivity index (χ3n) is 2.32. The van der Waals surface area contributed by atoms with Crippen molar-refractivity contribution in [3.8, 4) is 22.9 Å². The van der Waals surface area contributed by atoms with Gasteiger partial charge in [-0.05, 0) is 35.9 Å². The number of rotatable bonds is 1. The molecule has 0 aliphatic rings. The Morgan fingerprint density at radius 2 is 1.94 bits per heavy atom. The van der Waals surface area contributed by atoms with E-state index in [2.05, 4.69) is 6.07 Å². The van der Waals surface area contributed by atoms with E-state index < -0.39 is 0 Å². The summed E-state index contributed by atoms with van der Waals surface area (Å²) in [5.74, 6) is 0.157. The number of nitriles is 1. The van der Waals surface area contributed by atoms with Crippen LogP contribution in [0.1, 0.15) is 5.56 Å². The fourth-order valence-corrected chi connectivity index (χ4v) is 1.54. The zero-order valence-corrected chi connectivity index (χ0v) is 8.51. The summed E-state index contributed by atoms with van der Waals surface area (Å²) in [6.45, 7) is 0. The first-order valence-corrected chi connectivity index (χ1v) is 4.80. The van der Waals surface area contributed by atoms with Gasteiger partial charge in [-0.2, -0.15) is 5.26 Å². The number of nitrogens with zero attached hydrogens (tertiary/aromatic N) is 1. The van der Waals surface area contributed by atoms with Crippen LogP contribution in [0.25, 0.3) is 11.1 Å². The van der Waals surface area contributed by atoms with E-state index >= 15 is 0 Å². The van der Waals surface area contributed by atoms with Crippen molar-refractivity contribution in [1.29, 1.82) is 5.26 Å². The lowest BCUT2D eigenvalue weighted by Crippen LogP contribution is -1.86. The van der Waals surface area contributed by atoms with Crippen LogP contribution in [0.3, 0.4) is 0 Å². The van der Waals surface area contributed by atoms with Crippen molar-refractivity contribution in [1.82, 2.24) is 0 Å². The Morgan fingerprint density at radius 1 is 1.12 bits per heavy atom. The summed E-state index contributed by atoms with van der Waals surface area (Å²) in [5.41, 5.74) is 8.21. The Kier molecular flexibility index (Phi) is 2.49. The minimum Gasteiger partial charge on any atom is -0.507 e. The molecule has 0 aromatic heterocycles. The number of hydrogen-bond acceptors (Lipinski definition) is 3. The molecule has 0 saturated heterocycles. The van der Waals surface area contributed by atoms with Gasteiger partial charge in [0.15, 0.2) is 0 Å². The first-order chi connectivity index (χ1) is 7.70. The largest absolute Gasteiger partial charge is 0.507 e. The van der Waals surface area contributed by atoms with E-state index in [0.29, 0.717) is 16.8 Å². The molecule has 0 aliphatic carbocycles. The van der Waals surface area contributed by atoms with E-state index in [0.717, 1.165) is 5.56 Å². The number of nitrogen functional groups attached to an aromatic ring is 1. The van der Waals surface area contributed by atoms with Gasteiger partial charge in [-0.1, -0.05) is 12.1 Å². The highest BCUT2D eigenvalue weighted by molar-refractivity contribution is 5.74. The average Bonchev–Trinajstić information content (AvgIpc) is 2.32. The number of anilines is 1. The summed E-state index contributed by atoms with van der Waals surface area (Å²) in [6, 6.07) is 14.0. The third kappa shape index (κ3) is 1.82. The maximum absolute atomic E-state index is 9.71. The van der Waals surface area contributed by atoms with E-state index in [1.54, 1.807) is 36.4 Å². The molecule has 78 valence electrons. The predicted molar refractivity (Wildman–Crippen MR) is 62.7 cm³/mol. The monoisotopic (exact) mass is 210 g/mol. The molecule has 3 nitrogen and oxygen atoms in total. The zero-order valence-electron chi connectivity index (χ0n) is 8.51. The Balaban J connectivity index is 2.58. The van der Waals surface area contributed by atoms with Crippen LogP contribution in [0.5, 0.6) is 5.75 Å². The predicted octanol–water partition coefficient (Wildman–Crippen LogP) is 2.51. The quantitative estimate of drug-likeness (QED) is 0.561. The second kappa shape index (κ2) is 3.95. The highest BCUT2D eigenvalue weighted by atomic mass is 16.3. The van der Waals surface area contributed by atoms with Crippen molar-refractivity contribution in [3.05, 3.63) is 48.0 Å². The standard InChI is InChI=1S/C13H10N2O/c14-8-9-2-1-3-10(6-9)12-7-11(15)4-5-13(12)16/h1-7,16H,15H2. The maximum Gasteiger partial charge on any atom is 0.123 e. The molecule has 0 saturated carbocycles. The molecular weight excluding hydrogens is 200 g/mol. The minimum absolute atomic E-state index is 0.157. The second-order valence-electron chi connectivity index (χ2n) is 3.47. The van der Waals surface area contributed by atoms with Gasteiger partial charge in [0.25, 0.3) is 0 Å². The van der Waals surface area contributed by atoms with Crippen molar-refractivity contribution >= 4 is 5.69 Å². The zero-order chi connectivity index (χ0) is 11.5. The van der Waals surface area contributed by atoms with Gasteiger partial charge in [0, 0.05) is 11.3 Å². The normalized spacial score (nSPS) is 9.69. The molecule has 3 heteroatoms. The van der Waals surface area contributed by atoms with Gasteiger partial charge in [-0.25, -0.2) is 0 Å². The second-order valence-corrected chi connectivity index (χ2v) is 3.47. The Bertz CT molecular complexity index is 570. The lowest BCUT2D eigenvalue weighted by molar-refractivity contribution is 0.477. The molecule has 2 aromatic carbocycles. The number of aromatic hydroxyl groups is 1. The van der Waals surface area contributed by atoms with Gasteiger partial charge in [0.05, 0.1) is 11.6 Å². The van der Waals surface area contributed by atoms with Gasteiger partial charge in [0.1, 0.15) is 5.75 Å². The lowest BCUT2D eigenvalue weighted by Gasteiger charge is -2.06. The number of benzene rings is 2. The molecule has 0 amide bonds. The van der Waals surface area contributed by atoms with Crippen LogP contribution in [0.15, 0.2) is 42.5 Å². The molecule has 0 spiro atoms. The van der Waals surface area contributed by atoms with Crippen LogP contribution >= 0.6 is 0 Å². The smallest absolute Gasteiger partial charge is 0.123 e. The maximum atomic E-state index is 9.71. The van der Waals surface area contributed by atoms with Gasteiger partial charge in [0.2, 0.25) is 0 Å². The van der Waals surface area contributed by atoms with Crippen LogP contribution in [0.2, 0.25) is 0 Å². The van der Waals surface area contributed by atoms with Gasteiger partial charge < -0.3 is 10.8 Å². The van der Waals surface area contributed by atoms with E-state index in [4.69, 9.17) is 11.0 Å². The number of phenols is 1. The van der Waals surface area contributed by atoms with Crippen LogP contribution in [0, 0.1) is 11.3 Å². The summed E-state index contributed by atoms with van der Waals surface area (Å²) in [5, 5.41) is 18.5. The molecule has 0 aliphatic heterocycles. The fraction of sp³-hybridized carbons (Fsp3) is 0. The summed E-state index contributed by atoms with van der Waals surface area (Å²) >= 11 is 0. The molecule has 0 atom stereocenters. The average molecular weight is 210 g/mol. The molecule has 0 unspecified atom stereocenters. The summed E-state index contributed by atoms with van der Waals surface area (Å²) in [4.78, 5) is 0. The van der Waals surface area contributed by atoms with Crippen molar-refractivity contribution in [2.24, 2.45) is 0 Å². The van der Waals surface area contributed by atoms with Crippen LogP contribution < -0.4 is 5.73 Å². The van der Waals surface area contributed by atoms with E-state index in [9.17, 15) is 5.11 Å². The highest BCUT2D eigenvalue weighted by Crippen LogP contribution is 2.31. The molecule has 2 rings (SSSR count). The first kappa shape index (κ1) is 10.1. The highest BCUT2D eigenvalue weighted by Gasteiger charge is 2.05. The summed E-state index contributed by atoms with van der Waals surface area (Å²) in [6.07, 6.45) is 0. The van der Waals surface area contributed by atoms with Crippen LogP contribution in [0.4, 0.5) is 5.69 Å². The molecule has 2 aromatic rings. The van der Waals surface area contributed by atoms with Crippen LogP contribution in [-0.2, 0) is 0 Å². The van der Waals surface area contributed by atoms with Crippen molar-refractivity contribution < 1.29 is 5.11 Å². The third-order valence-corrected chi connectivity index (χ3v) is 2.32. The number of phenolic OH excluding ortho intramolecular Hbond substituents is 1. The topological polar surface area (TPSA) is 70.0 Å². The molecule has 16 heavy (non-hydrogen) atoms. The Hall–Kier alpha value is -2.47. The molecular formula is C13H10N2O. The Labute approximate surface area is 93.4 Å². The van der Waals surface area contributed by atoms with E-state index in [-0.39, 0.29) is 5.75 Å². The Morgan fingerprint density at radius 3 is 2.69 bits per heavy atom. The van der Waals surface area contributed by atoms with Crippen molar-refractivity contribution in [3.63, 3.8) is 0 Å². The number of hydrogen-bond donors (Lipinski definition) is 2. The van der Waals surface area contributed by atoms with Crippen molar-refractivity contribution in [2.45, 2.75) is 0 Å². The van der Waals surface area contributed by atoms with Crippen molar-refractivity contribution in [2.75, 3.05) is 5.73 Å². The van der Waals surface area contributed by atoms with Crippen LogP contribution in [-0.4, -0.2) is 5.11 Å². The fourth-order valence-electron chi connectivity index (χ4n) is 1.54. The molecule has 3 N–H and O–H groups in total. The van der Waals surface area contributed by atoms with Gasteiger partial charge >= 0.3 is 0 Å². The number of nitrogens with two attached hydrogens (primary N) is 1. The van der Waals surface area contributed by atoms with Gasteiger partial charge in [-0.15, -0.1) is 0 Å². The lowest BCUT2D eigenvalue weighted by atomic mass is 10.0. The molecule has 0 fully saturated rings. The molecule has 0 radical (unpaired) electrons. The minimum atomic E-state index is 0.157. The summed E-state index contributed by atoms with van der Waals surface area (Å²) < 4.78 is 0. The SMILES string of the molecule is N#Cc1cccc(-c2cc(N)ccc2O)c1. The first-order valence-electron chi connectivity index (χ1n) is 4.80. The van der Waals surface area contributed by atoms with E-state index in [1.165, 1.54) is 0 Å². The van der Waals surface area contributed by atoms with Gasteiger partial charge in [-0.3, -0.25) is 0 Å². The van der Waals surface area contributed by atoms with E-state index in [1.807, 2.05) is 6.07 Å².